The average Bonchev–Trinajstić information content (AvgIpc) is 2.48. The molecule has 0 amide bonds. The SMILES string of the molecule is COc1ccccc1OCCN(C)C1CCCNC1. The van der Waals surface area contributed by atoms with Gasteiger partial charge in [-0.05, 0) is 38.6 Å². The van der Waals surface area contributed by atoms with E-state index in [1.807, 2.05) is 24.3 Å². The molecule has 1 aliphatic heterocycles. The molecule has 1 aliphatic rings. The van der Waals surface area contributed by atoms with Crippen LogP contribution >= 0.6 is 0 Å². The maximum Gasteiger partial charge on any atom is 0.161 e. The highest BCUT2D eigenvalue weighted by Gasteiger charge is 2.17. The maximum absolute atomic E-state index is 5.80. The van der Waals surface area contributed by atoms with E-state index in [1.165, 1.54) is 12.8 Å². The van der Waals surface area contributed by atoms with Crippen molar-refractivity contribution in [1.29, 1.82) is 0 Å². The van der Waals surface area contributed by atoms with Crippen LogP contribution in [0.15, 0.2) is 24.3 Å². The molecule has 1 unspecified atom stereocenters. The van der Waals surface area contributed by atoms with Crippen molar-refractivity contribution in [2.45, 2.75) is 18.9 Å². The van der Waals surface area contributed by atoms with E-state index in [1.54, 1.807) is 7.11 Å². The Labute approximate surface area is 115 Å². The van der Waals surface area contributed by atoms with E-state index < -0.39 is 0 Å². The van der Waals surface area contributed by atoms with Crippen LogP contribution in [0.25, 0.3) is 0 Å². The Kier molecular flexibility index (Phi) is 5.48. The number of methoxy groups -OCH3 is 1. The summed E-state index contributed by atoms with van der Waals surface area (Å²) in [4.78, 5) is 2.38. The Morgan fingerprint density at radius 1 is 1.32 bits per heavy atom. The van der Waals surface area contributed by atoms with Gasteiger partial charge in [0.2, 0.25) is 0 Å². The third kappa shape index (κ3) is 4.11. The zero-order valence-electron chi connectivity index (χ0n) is 11.9. The summed E-state index contributed by atoms with van der Waals surface area (Å²) in [6.45, 7) is 3.87. The fraction of sp³-hybridized carbons (Fsp3) is 0.600. The standard InChI is InChI=1S/C15H24N2O2/c1-17(13-6-5-9-16-12-13)10-11-19-15-8-4-3-7-14(15)18-2/h3-4,7-8,13,16H,5-6,9-12H2,1-2H3. The molecule has 2 rings (SSSR count). The van der Waals surface area contributed by atoms with Gasteiger partial charge in [0.1, 0.15) is 6.61 Å². The van der Waals surface area contributed by atoms with E-state index in [0.717, 1.165) is 31.1 Å². The lowest BCUT2D eigenvalue weighted by atomic mass is 10.1. The molecule has 0 radical (unpaired) electrons. The Morgan fingerprint density at radius 2 is 2.11 bits per heavy atom. The summed E-state index contributed by atoms with van der Waals surface area (Å²) in [7, 11) is 3.84. The number of benzene rings is 1. The minimum Gasteiger partial charge on any atom is -0.493 e. The van der Waals surface area contributed by atoms with Gasteiger partial charge in [-0.3, -0.25) is 4.90 Å². The van der Waals surface area contributed by atoms with Crippen LogP contribution in [0.1, 0.15) is 12.8 Å². The molecule has 0 saturated carbocycles. The first kappa shape index (κ1) is 14.2. The molecule has 19 heavy (non-hydrogen) atoms. The van der Waals surface area contributed by atoms with Gasteiger partial charge in [0, 0.05) is 19.1 Å². The molecule has 0 aliphatic carbocycles. The third-order valence-corrected chi connectivity index (χ3v) is 3.66. The van der Waals surface area contributed by atoms with Crippen molar-refractivity contribution in [3.63, 3.8) is 0 Å². The minimum atomic E-state index is 0.634. The van der Waals surface area contributed by atoms with Crippen molar-refractivity contribution >= 4 is 0 Å². The largest absolute Gasteiger partial charge is 0.493 e. The van der Waals surface area contributed by atoms with Crippen molar-refractivity contribution in [3.8, 4) is 11.5 Å². The number of hydrogen-bond donors (Lipinski definition) is 1. The maximum atomic E-state index is 5.80. The minimum absolute atomic E-state index is 0.634. The van der Waals surface area contributed by atoms with Crippen molar-refractivity contribution in [2.75, 3.05) is 40.4 Å². The summed E-state index contributed by atoms with van der Waals surface area (Å²) in [5.41, 5.74) is 0. The van der Waals surface area contributed by atoms with Crippen molar-refractivity contribution in [1.82, 2.24) is 10.2 Å². The lowest BCUT2D eigenvalue weighted by Crippen LogP contribution is -2.45. The highest BCUT2D eigenvalue weighted by molar-refractivity contribution is 5.39. The molecule has 1 atom stereocenters. The van der Waals surface area contributed by atoms with Crippen LogP contribution in [0, 0.1) is 0 Å². The molecule has 0 aromatic heterocycles. The van der Waals surface area contributed by atoms with E-state index in [4.69, 9.17) is 9.47 Å². The van der Waals surface area contributed by atoms with Crippen molar-refractivity contribution < 1.29 is 9.47 Å². The Morgan fingerprint density at radius 3 is 2.79 bits per heavy atom. The second kappa shape index (κ2) is 7.36. The summed E-state index contributed by atoms with van der Waals surface area (Å²) in [5, 5.41) is 3.44. The molecule has 4 nitrogen and oxygen atoms in total. The molecule has 0 spiro atoms. The average molecular weight is 264 g/mol. The molecule has 1 fully saturated rings. The van der Waals surface area contributed by atoms with Gasteiger partial charge in [-0.2, -0.15) is 0 Å². The van der Waals surface area contributed by atoms with Crippen LogP contribution in [0.3, 0.4) is 0 Å². The second-order valence-corrected chi connectivity index (χ2v) is 4.98. The molecular weight excluding hydrogens is 240 g/mol. The third-order valence-electron chi connectivity index (χ3n) is 3.66. The number of ether oxygens (including phenoxy) is 2. The molecular formula is C15H24N2O2. The van der Waals surface area contributed by atoms with Gasteiger partial charge in [-0.25, -0.2) is 0 Å². The summed E-state index contributed by atoms with van der Waals surface area (Å²) in [5.74, 6) is 1.62. The summed E-state index contributed by atoms with van der Waals surface area (Å²) < 4.78 is 11.1. The highest BCUT2D eigenvalue weighted by atomic mass is 16.5. The smallest absolute Gasteiger partial charge is 0.161 e. The van der Waals surface area contributed by atoms with Gasteiger partial charge >= 0.3 is 0 Å². The van der Waals surface area contributed by atoms with Crippen LogP contribution in [0.5, 0.6) is 11.5 Å². The first-order valence-corrected chi connectivity index (χ1v) is 6.98. The molecule has 106 valence electrons. The van der Waals surface area contributed by atoms with E-state index in [9.17, 15) is 0 Å². The van der Waals surface area contributed by atoms with E-state index in [0.29, 0.717) is 12.6 Å². The van der Waals surface area contributed by atoms with Gasteiger partial charge < -0.3 is 14.8 Å². The first-order valence-electron chi connectivity index (χ1n) is 6.98. The van der Waals surface area contributed by atoms with E-state index >= 15 is 0 Å². The molecule has 1 aromatic carbocycles. The monoisotopic (exact) mass is 264 g/mol. The van der Waals surface area contributed by atoms with Gasteiger partial charge in [0.15, 0.2) is 11.5 Å². The molecule has 0 bridgehead atoms. The predicted molar refractivity (Wildman–Crippen MR) is 77.0 cm³/mol. The topological polar surface area (TPSA) is 33.7 Å². The summed E-state index contributed by atoms with van der Waals surface area (Å²) in [6.07, 6.45) is 2.54. The van der Waals surface area contributed by atoms with Crippen LogP contribution in [0.4, 0.5) is 0 Å². The zero-order valence-corrected chi connectivity index (χ0v) is 11.9. The normalized spacial score (nSPS) is 19.4. The Balaban J connectivity index is 1.76. The number of para-hydroxylation sites is 2. The lowest BCUT2D eigenvalue weighted by molar-refractivity contribution is 0.166. The molecule has 1 N–H and O–H groups in total. The predicted octanol–water partition coefficient (Wildman–Crippen LogP) is 1.76. The number of likely N-dealkylation sites (N-methyl/N-ethyl adjacent to an activating group) is 1. The zero-order chi connectivity index (χ0) is 13.5. The van der Waals surface area contributed by atoms with Crippen LogP contribution in [-0.2, 0) is 0 Å². The molecule has 1 saturated heterocycles. The van der Waals surface area contributed by atoms with Crippen LogP contribution in [-0.4, -0.2) is 51.3 Å². The number of rotatable bonds is 6. The number of nitrogens with one attached hydrogen (secondary N) is 1. The Hall–Kier alpha value is -1.26. The first-order chi connectivity index (χ1) is 9.31. The van der Waals surface area contributed by atoms with Crippen molar-refractivity contribution in [3.05, 3.63) is 24.3 Å². The Bertz CT molecular complexity index is 378. The van der Waals surface area contributed by atoms with Crippen molar-refractivity contribution in [2.24, 2.45) is 0 Å². The molecule has 1 heterocycles. The van der Waals surface area contributed by atoms with E-state index in [2.05, 4.69) is 17.3 Å². The van der Waals surface area contributed by atoms with Gasteiger partial charge in [0.05, 0.1) is 7.11 Å². The fourth-order valence-corrected chi connectivity index (χ4v) is 2.43. The quantitative estimate of drug-likeness (QED) is 0.849. The molecule has 1 aromatic rings. The van der Waals surface area contributed by atoms with Crippen LogP contribution in [0.2, 0.25) is 0 Å². The van der Waals surface area contributed by atoms with Gasteiger partial charge in [-0.15, -0.1) is 0 Å². The van der Waals surface area contributed by atoms with Crippen LogP contribution < -0.4 is 14.8 Å². The van der Waals surface area contributed by atoms with E-state index in [-0.39, 0.29) is 0 Å². The van der Waals surface area contributed by atoms with Gasteiger partial charge in [0.25, 0.3) is 0 Å². The lowest BCUT2D eigenvalue weighted by Gasteiger charge is -2.31. The number of hydrogen-bond acceptors (Lipinski definition) is 4. The summed E-state index contributed by atoms with van der Waals surface area (Å²) in [6, 6.07) is 8.42. The molecule has 4 heteroatoms. The highest BCUT2D eigenvalue weighted by Crippen LogP contribution is 2.25. The number of nitrogens with zero attached hydrogens (tertiary/aromatic N) is 1. The fourth-order valence-electron chi connectivity index (χ4n) is 2.43. The number of piperidine rings is 1. The summed E-state index contributed by atoms with van der Waals surface area (Å²) >= 11 is 0. The second-order valence-electron chi connectivity index (χ2n) is 4.98. The van der Waals surface area contributed by atoms with Gasteiger partial charge in [-0.1, -0.05) is 12.1 Å².